The van der Waals surface area contributed by atoms with E-state index < -0.39 is 5.41 Å². The Morgan fingerprint density at radius 1 is 1.39 bits per heavy atom. The summed E-state index contributed by atoms with van der Waals surface area (Å²) in [7, 11) is 1.54. The van der Waals surface area contributed by atoms with Gasteiger partial charge in [-0.15, -0.1) is 0 Å². The molecule has 1 heterocycles. The molecule has 5 nitrogen and oxygen atoms in total. The number of carbonyl (C=O) groups excluding carboxylic acids is 2. The van der Waals surface area contributed by atoms with Gasteiger partial charge in [0.15, 0.2) is 0 Å². The molecule has 0 aromatic carbocycles. The maximum absolute atomic E-state index is 12.5. The highest BCUT2D eigenvalue weighted by Gasteiger charge is 2.54. The van der Waals surface area contributed by atoms with Crippen molar-refractivity contribution in [2.45, 2.75) is 44.6 Å². The zero-order valence-corrected chi connectivity index (χ0v) is 10.9. The van der Waals surface area contributed by atoms with E-state index in [0.717, 1.165) is 25.7 Å². The number of aliphatic hydroxyl groups excluding tert-OH is 1. The summed E-state index contributed by atoms with van der Waals surface area (Å²) in [4.78, 5) is 26.0. The van der Waals surface area contributed by atoms with E-state index in [9.17, 15) is 9.59 Å². The Morgan fingerprint density at radius 2 is 2.06 bits per heavy atom. The zero-order valence-electron chi connectivity index (χ0n) is 10.9. The van der Waals surface area contributed by atoms with Crippen molar-refractivity contribution in [3.05, 3.63) is 0 Å². The van der Waals surface area contributed by atoms with E-state index in [1.807, 2.05) is 0 Å². The average Bonchev–Trinajstić information content (AvgIpc) is 2.87. The van der Waals surface area contributed by atoms with Gasteiger partial charge in [-0.2, -0.15) is 0 Å². The number of imide groups is 1. The summed E-state index contributed by atoms with van der Waals surface area (Å²) in [5.41, 5.74) is -0.432. The number of aliphatic hydroxyl groups is 1. The number of amides is 2. The molecule has 1 saturated heterocycles. The van der Waals surface area contributed by atoms with Gasteiger partial charge in [-0.05, 0) is 19.3 Å². The molecule has 2 amide bonds. The highest BCUT2D eigenvalue weighted by molar-refractivity contribution is 6.06. The summed E-state index contributed by atoms with van der Waals surface area (Å²) in [6.45, 7) is 0.256. The Morgan fingerprint density at radius 3 is 2.61 bits per heavy atom. The molecule has 0 radical (unpaired) electrons. The second-order valence-corrected chi connectivity index (χ2v) is 5.35. The Balaban J connectivity index is 2.16. The molecule has 2 rings (SSSR count). The monoisotopic (exact) mass is 255 g/mol. The second-order valence-electron chi connectivity index (χ2n) is 5.35. The lowest BCUT2D eigenvalue weighted by atomic mass is 9.84. The van der Waals surface area contributed by atoms with E-state index >= 15 is 0 Å². The molecule has 1 atom stereocenters. The second kappa shape index (κ2) is 5.36. The average molecular weight is 255 g/mol. The van der Waals surface area contributed by atoms with Gasteiger partial charge in [-0.3, -0.25) is 14.5 Å². The van der Waals surface area contributed by atoms with Crippen molar-refractivity contribution >= 4 is 11.8 Å². The van der Waals surface area contributed by atoms with Gasteiger partial charge >= 0.3 is 0 Å². The minimum Gasteiger partial charge on any atom is -0.396 e. The molecule has 0 aromatic heterocycles. The predicted octanol–water partition coefficient (Wildman–Crippen LogP) is 0.703. The molecule has 102 valence electrons. The number of nitrogens with zero attached hydrogens (tertiary/aromatic N) is 1. The van der Waals surface area contributed by atoms with E-state index in [2.05, 4.69) is 0 Å². The summed E-state index contributed by atoms with van der Waals surface area (Å²) in [6.07, 6.45) is 4.45. The summed E-state index contributed by atoms with van der Waals surface area (Å²) in [5, 5.41) is 9.05. The molecule has 1 N–H and O–H groups in total. The molecule has 5 heteroatoms. The molecule has 1 aliphatic heterocycles. The van der Waals surface area contributed by atoms with Crippen molar-refractivity contribution in [1.29, 1.82) is 0 Å². The van der Waals surface area contributed by atoms with Gasteiger partial charge in [0.2, 0.25) is 11.8 Å². The predicted molar refractivity (Wildman–Crippen MR) is 64.7 cm³/mol. The third-order valence-corrected chi connectivity index (χ3v) is 4.18. The van der Waals surface area contributed by atoms with Crippen molar-refractivity contribution in [3.8, 4) is 0 Å². The molecule has 0 aromatic rings. The van der Waals surface area contributed by atoms with Crippen molar-refractivity contribution in [2.75, 3.05) is 20.3 Å². The third-order valence-electron chi connectivity index (χ3n) is 4.18. The normalized spacial score (nSPS) is 24.2. The lowest BCUT2D eigenvalue weighted by molar-refractivity contribution is -0.145. The van der Waals surface area contributed by atoms with Crippen LogP contribution in [0.1, 0.15) is 38.5 Å². The molecule has 1 unspecified atom stereocenters. The summed E-state index contributed by atoms with van der Waals surface area (Å²) in [5.74, 6) is -0.141. The largest absolute Gasteiger partial charge is 0.396 e. The van der Waals surface area contributed by atoms with Crippen LogP contribution in [-0.2, 0) is 14.3 Å². The van der Waals surface area contributed by atoms with Crippen LogP contribution in [0, 0.1) is 5.41 Å². The number of likely N-dealkylation sites (tertiary alicyclic amines) is 1. The molecule has 1 spiro atoms. The summed E-state index contributed by atoms with van der Waals surface area (Å²) < 4.78 is 5.06. The maximum Gasteiger partial charge on any atom is 0.236 e. The van der Waals surface area contributed by atoms with E-state index in [1.54, 1.807) is 7.11 Å². The van der Waals surface area contributed by atoms with Crippen LogP contribution in [0.3, 0.4) is 0 Å². The Hall–Kier alpha value is -0.940. The van der Waals surface area contributed by atoms with Gasteiger partial charge in [0.1, 0.15) is 0 Å². The highest BCUT2D eigenvalue weighted by atomic mass is 16.5. The van der Waals surface area contributed by atoms with Crippen LogP contribution in [-0.4, -0.2) is 48.2 Å². The van der Waals surface area contributed by atoms with E-state index in [-0.39, 0.29) is 24.5 Å². The first-order valence-electron chi connectivity index (χ1n) is 6.61. The minimum atomic E-state index is -0.432. The summed E-state index contributed by atoms with van der Waals surface area (Å²) >= 11 is 0. The van der Waals surface area contributed by atoms with Crippen LogP contribution in [0.4, 0.5) is 0 Å². The topological polar surface area (TPSA) is 66.8 Å². The van der Waals surface area contributed by atoms with Crippen molar-refractivity contribution < 1.29 is 19.4 Å². The van der Waals surface area contributed by atoms with Crippen LogP contribution < -0.4 is 0 Å². The molecule has 1 saturated carbocycles. The quantitative estimate of drug-likeness (QED) is 0.734. The van der Waals surface area contributed by atoms with Crippen LogP contribution in [0.15, 0.2) is 0 Å². The fourth-order valence-corrected chi connectivity index (χ4v) is 3.26. The number of methoxy groups -OCH3 is 1. The fourth-order valence-electron chi connectivity index (χ4n) is 3.26. The van der Waals surface area contributed by atoms with Gasteiger partial charge in [0, 0.05) is 20.1 Å². The number of hydrogen-bond acceptors (Lipinski definition) is 4. The van der Waals surface area contributed by atoms with Crippen molar-refractivity contribution in [1.82, 2.24) is 4.90 Å². The number of rotatable bonds is 5. The molecular weight excluding hydrogens is 234 g/mol. The van der Waals surface area contributed by atoms with Crippen molar-refractivity contribution in [3.63, 3.8) is 0 Å². The highest BCUT2D eigenvalue weighted by Crippen LogP contribution is 2.47. The van der Waals surface area contributed by atoms with E-state index in [4.69, 9.17) is 9.84 Å². The van der Waals surface area contributed by atoms with Crippen LogP contribution in [0.25, 0.3) is 0 Å². The zero-order chi connectivity index (χ0) is 13.2. The summed E-state index contributed by atoms with van der Waals surface area (Å²) in [6, 6.07) is -0.319. The van der Waals surface area contributed by atoms with E-state index in [1.165, 1.54) is 4.90 Å². The Kier molecular flexibility index (Phi) is 4.02. The molecule has 1 aliphatic carbocycles. The van der Waals surface area contributed by atoms with Crippen LogP contribution >= 0.6 is 0 Å². The Labute approximate surface area is 107 Å². The molecule has 2 fully saturated rings. The van der Waals surface area contributed by atoms with Crippen molar-refractivity contribution in [2.24, 2.45) is 5.41 Å². The molecule has 18 heavy (non-hydrogen) atoms. The third kappa shape index (κ3) is 2.17. The van der Waals surface area contributed by atoms with Gasteiger partial charge in [0.25, 0.3) is 0 Å². The first-order chi connectivity index (χ1) is 8.64. The lowest BCUT2D eigenvalue weighted by Gasteiger charge is -2.27. The lowest BCUT2D eigenvalue weighted by Crippen LogP contribution is -2.45. The standard InChI is InChI=1S/C13H21NO4/c1-18-9-10(4-7-15)14-11(16)8-13(12(14)17)5-2-3-6-13/h10,15H,2-9H2,1H3. The van der Waals surface area contributed by atoms with Crippen LogP contribution in [0.2, 0.25) is 0 Å². The Bertz CT molecular complexity index is 330. The first kappa shape index (κ1) is 13.5. The SMILES string of the molecule is COCC(CCO)N1C(=O)CC2(CCCC2)C1=O. The van der Waals surface area contributed by atoms with Gasteiger partial charge in [0.05, 0.1) is 18.1 Å². The molecular formula is C13H21NO4. The van der Waals surface area contributed by atoms with Crippen LogP contribution in [0.5, 0.6) is 0 Å². The first-order valence-corrected chi connectivity index (χ1v) is 6.61. The number of hydrogen-bond donors (Lipinski definition) is 1. The number of carbonyl (C=O) groups is 2. The smallest absolute Gasteiger partial charge is 0.236 e. The minimum absolute atomic E-state index is 0.0412. The van der Waals surface area contributed by atoms with E-state index in [0.29, 0.717) is 19.4 Å². The number of ether oxygens (including phenoxy) is 1. The molecule has 2 aliphatic rings. The fraction of sp³-hybridized carbons (Fsp3) is 0.846. The van der Waals surface area contributed by atoms with Gasteiger partial charge < -0.3 is 9.84 Å². The van der Waals surface area contributed by atoms with Gasteiger partial charge in [-0.1, -0.05) is 12.8 Å². The van der Waals surface area contributed by atoms with Gasteiger partial charge in [-0.25, -0.2) is 0 Å². The maximum atomic E-state index is 12.5. The molecule has 0 bridgehead atoms.